The Labute approximate surface area is 269 Å². The van der Waals surface area contributed by atoms with Crippen molar-refractivity contribution in [3.05, 3.63) is 70.0 Å². The first-order chi connectivity index (χ1) is 21.7. The van der Waals surface area contributed by atoms with Crippen LogP contribution in [0.1, 0.15) is 76.0 Å². The molecule has 2 amide bonds. The van der Waals surface area contributed by atoms with E-state index in [9.17, 15) is 24.5 Å². The summed E-state index contributed by atoms with van der Waals surface area (Å²) < 4.78 is 6.19. The van der Waals surface area contributed by atoms with Gasteiger partial charge >= 0.3 is 13.1 Å². The molecule has 0 spiro atoms. The number of nitrogens with zero attached hydrogens (tertiary/aromatic N) is 2. The average molecular weight is 635 g/mol. The van der Waals surface area contributed by atoms with Crippen LogP contribution >= 0.6 is 11.6 Å². The fourth-order valence-corrected chi connectivity index (χ4v) is 7.47. The number of amides is 2. The summed E-state index contributed by atoms with van der Waals surface area (Å²) in [7, 11) is -1.06. The number of halogens is 1. The third-order valence-corrected chi connectivity index (χ3v) is 9.53. The van der Waals surface area contributed by atoms with E-state index in [1.165, 1.54) is 11.0 Å². The number of likely N-dealkylation sites (tertiary alicyclic amines) is 1. The molecule has 3 heterocycles. The number of carbonyl (C=O) groups excluding carboxylic acids is 2. The lowest BCUT2D eigenvalue weighted by molar-refractivity contribution is -0.141. The minimum absolute atomic E-state index is 0.0708. The highest BCUT2D eigenvalue weighted by Crippen LogP contribution is 2.51. The molecule has 0 radical (unpaired) electrons. The van der Waals surface area contributed by atoms with Crippen LogP contribution in [0.4, 0.5) is 0 Å². The largest absolute Gasteiger partial charge is 0.508 e. The zero-order valence-electron chi connectivity index (χ0n) is 25.5. The lowest BCUT2D eigenvalue weighted by Crippen LogP contribution is -2.46. The smallest absolute Gasteiger partial charge is 0.455 e. The Hall–Kier alpha value is -3.47. The molecule has 0 unspecified atom stereocenters. The number of unbranched alkanes of at least 4 members (excludes halogenated alkanes) is 2. The topological polar surface area (TPSA) is 137 Å². The summed E-state index contributed by atoms with van der Waals surface area (Å²) in [5.74, 6) is -2.38. The van der Waals surface area contributed by atoms with Crippen molar-refractivity contribution in [3.63, 3.8) is 0 Å². The molecule has 3 aliphatic rings. The van der Waals surface area contributed by atoms with Crippen LogP contribution in [0.3, 0.4) is 0 Å². The van der Waals surface area contributed by atoms with Crippen LogP contribution in [0, 0.1) is 17.8 Å². The number of hydrogen-bond donors (Lipinski definition) is 3. The van der Waals surface area contributed by atoms with Gasteiger partial charge in [-0.25, -0.2) is 0 Å². The van der Waals surface area contributed by atoms with E-state index in [1.54, 1.807) is 18.3 Å². The van der Waals surface area contributed by atoms with Crippen molar-refractivity contribution in [2.45, 2.75) is 77.1 Å². The van der Waals surface area contributed by atoms with E-state index in [0.29, 0.717) is 43.5 Å². The molecule has 1 aromatic heterocycles. The minimum atomic E-state index is -1.06. The van der Waals surface area contributed by atoms with Crippen LogP contribution in [0.5, 0.6) is 5.75 Å². The summed E-state index contributed by atoms with van der Waals surface area (Å²) in [6, 6.07) is 10.5. The summed E-state index contributed by atoms with van der Waals surface area (Å²) in [4.78, 5) is 44.1. The molecule has 2 fully saturated rings. The van der Waals surface area contributed by atoms with Crippen LogP contribution < -0.4 is 0 Å². The number of aromatic nitrogens is 1. The van der Waals surface area contributed by atoms with Gasteiger partial charge in [-0.3, -0.25) is 24.3 Å². The third-order valence-electron chi connectivity index (χ3n) is 9.21. The summed E-state index contributed by atoms with van der Waals surface area (Å²) in [5.41, 5.74) is 4.63. The number of carboxylic acid groups (broad SMARTS) is 1. The second-order valence-corrected chi connectivity index (χ2v) is 12.6. The van der Waals surface area contributed by atoms with Crippen molar-refractivity contribution in [2.24, 2.45) is 17.8 Å². The molecule has 0 saturated carbocycles. The molecule has 2 aliphatic heterocycles. The molecule has 3 N–H and O–H groups in total. The SMILES string of the molecule is CCCC1=C2[C@@H](CC/C(=C/c3ccc(O)cc3Cl)c3ccccn3)OB(O)C[C@@H]2[C@@H]2C(=O)N(CCCCCC(=O)O)C(=O)[C@@H]2C1. The number of pyridine rings is 1. The van der Waals surface area contributed by atoms with E-state index >= 15 is 0 Å². The highest BCUT2D eigenvalue weighted by atomic mass is 35.5. The van der Waals surface area contributed by atoms with E-state index in [1.807, 2.05) is 24.3 Å². The first-order valence-electron chi connectivity index (χ1n) is 15.9. The van der Waals surface area contributed by atoms with Crippen LogP contribution in [0.15, 0.2) is 53.7 Å². The van der Waals surface area contributed by atoms with Gasteiger partial charge in [0, 0.05) is 19.2 Å². The number of carbonyl (C=O) groups is 3. The first-order valence-corrected chi connectivity index (χ1v) is 16.3. The lowest BCUT2D eigenvalue weighted by atomic mass is 9.58. The summed E-state index contributed by atoms with van der Waals surface area (Å²) in [6.45, 7) is 2.38. The van der Waals surface area contributed by atoms with Crippen molar-refractivity contribution >= 4 is 48.2 Å². The minimum Gasteiger partial charge on any atom is -0.508 e. The second kappa shape index (κ2) is 14.8. The van der Waals surface area contributed by atoms with Crippen LogP contribution in [0.2, 0.25) is 11.3 Å². The second-order valence-electron chi connectivity index (χ2n) is 12.2. The molecule has 11 heteroatoms. The van der Waals surface area contributed by atoms with E-state index in [-0.39, 0.29) is 42.8 Å². The Morgan fingerprint density at radius 1 is 1.13 bits per heavy atom. The van der Waals surface area contributed by atoms with Gasteiger partial charge in [0.15, 0.2) is 0 Å². The van der Waals surface area contributed by atoms with E-state index < -0.39 is 31.0 Å². The maximum Gasteiger partial charge on any atom is 0.455 e. The number of hydrogen-bond acceptors (Lipinski definition) is 7. The standard InChI is InChI=1S/C34H40BClN2O7/c1-2-8-23-18-25-32(34(43)38(33(25)42)16-7-3-4-10-30(40)41)26-20-35(44)45-29(31(23)26)14-12-22(28-9-5-6-15-37-28)17-21-11-13-24(39)19-27(21)36/h5-6,9,11,13,15,17,19,25-26,29,32,39,44H,2-4,7-8,10,12,14,16,18,20H2,1H3,(H,40,41)/b22-17-/t25-,26+,29-,32-/m1/s1. The fourth-order valence-electron chi connectivity index (χ4n) is 7.25. The number of allylic oxidation sites excluding steroid dienone is 2. The van der Waals surface area contributed by atoms with Crippen LogP contribution in [-0.4, -0.2) is 62.7 Å². The number of aliphatic carboxylic acids is 1. The molecule has 4 atom stereocenters. The quantitative estimate of drug-likeness (QED) is 0.106. The van der Waals surface area contributed by atoms with Gasteiger partial charge in [0.25, 0.3) is 0 Å². The van der Waals surface area contributed by atoms with Gasteiger partial charge in [0.2, 0.25) is 11.8 Å². The van der Waals surface area contributed by atoms with Gasteiger partial charge in [0.05, 0.1) is 28.7 Å². The summed E-state index contributed by atoms with van der Waals surface area (Å²) in [6.07, 6.45) is 8.52. The number of imide groups is 1. The molecule has 5 rings (SSSR count). The molecule has 2 saturated heterocycles. The van der Waals surface area contributed by atoms with Crippen molar-refractivity contribution in [1.82, 2.24) is 9.88 Å². The Kier molecular flexibility index (Phi) is 10.8. The predicted molar refractivity (Wildman–Crippen MR) is 172 cm³/mol. The Balaban J connectivity index is 1.39. The molecule has 1 aliphatic carbocycles. The number of phenolic OH excluding ortho intramolecular Hbond substituents is 1. The number of rotatable bonds is 13. The average Bonchev–Trinajstić information content (AvgIpc) is 3.24. The molecular weight excluding hydrogens is 595 g/mol. The predicted octanol–water partition coefficient (Wildman–Crippen LogP) is 6.00. The van der Waals surface area contributed by atoms with E-state index in [2.05, 4.69) is 11.9 Å². The van der Waals surface area contributed by atoms with Gasteiger partial charge in [0.1, 0.15) is 5.75 Å². The normalized spacial score (nSPS) is 23.4. The Bertz CT molecular complexity index is 1480. The molecule has 45 heavy (non-hydrogen) atoms. The third kappa shape index (κ3) is 7.51. The molecule has 1 aromatic carbocycles. The Morgan fingerprint density at radius 3 is 2.67 bits per heavy atom. The molecule has 238 valence electrons. The molecular formula is C34H40BClN2O7. The molecule has 0 bridgehead atoms. The summed E-state index contributed by atoms with van der Waals surface area (Å²) in [5, 5.41) is 30.1. The zero-order valence-corrected chi connectivity index (χ0v) is 26.3. The van der Waals surface area contributed by atoms with Crippen LogP contribution in [-0.2, 0) is 19.0 Å². The first kappa shape index (κ1) is 32.9. The van der Waals surface area contributed by atoms with Gasteiger partial charge in [-0.05, 0) is 104 Å². The van der Waals surface area contributed by atoms with Gasteiger partial charge in [-0.15, -0.1) is 0 Å². The van der Waals surface area contributed by atoms with E-state index in [0.717, 1.165) is 40.8 Å². The zero-order chi connectivity index (χ0) is 32.1. The maximum atomic E-state index is 13.8. The number of fused-ring (bicyclic) bond motifs is 3. The van der Waals surface area contributed by atoms with Crippen molar-refractivity contribution in [3.8, 4) is 5.75 Å². The van der Waals surface area contributed by atoms with Crippen molar-refractivity contribution in [2.75, 3.05) is 6.54 Å². The Morgan fingerprint density at radius 2 is 1.96 bits per heavy atom. The van der Waals surface area contributed by atoms with Crippen molar-refractivity contribution < 1.29 is 34.3 Å². The molecule has 2 aromatic rings. The number of aromatic hydroxyl groups is 1. The van der Waals surface area contributed by atoms with Gasteiger partial charge in [-0.1, -0.05) is 43.0 Å². The van der Waals surface area contributed by atoms with Crippen molar-refractivity contribution in [1.29, 1.82) is 0 Å². The number of phenols is 1. The lowest BCUT2D eigenvalue weighted by Gasteiger charge is -2.43. The van der Waals surface area contributed by atoms with Gasteiger partial charge in [-0.2, -0.15) is 0 Å². The fraction of sp³-hybridized carbons (Fsp3) is 0.471. The number of benzene rings is 1. The summed E-state index contributed by atoms with van der Waals surface area (Å²) >= 11 is 6.45. The number of carboxylic acids is 1. The highest BCUT2D eigenvalue weighted by molar-refractivity contribution is 6.43. The monoisotopic (exact) mass is 634 g/mol. The van der Waals surface area contributed by atoms with E-state index in [4.69, 9.17) is 21.4 Å². The highest BCUT2D eigenvalue weighted by Gasteiger charge is 2.56. The van der Waals surface area contributed by atoms with Crippen LogP contribution in [0.25, 0.3) is 11.6 Å². The maximum absolute atomic E-state index is 13.8. The van der Waals surface area contributed by atoms with Gasteiger partial charge < -0.3 is 19.9 Å². The molecule has 9 nitrogen and oxygen atoms in total.